The fraction of sp³-hybridized carbons (Fsp3) is 0.600. The van der Waals surface area contributed by atoms with Crippen molar-refractivity contribution in [1.82, 2.24) is 14.6 Å². The summed E-state index contributed by atoms with van der Waals surface area (Å²) in [6, 6.07) is 0. The van der Waals surface area contributed by atoms with Gasteiger partial charge in [-0.15, -0.1) is 5.06 Å². The molecule has 0 unspecified atom stereocenters. The average molecular weight is 449 g/mol. The van der Waals surface area contributed by atoms with Gasteiger partial charge in [-0.1, -0.05) is 0 Å². The molecule has 13 heteroatoms. The molecule has 6 N–H and O–H groups in total. The smallest absolute Gasteiger partial charge is 0.332 e. The van der Waals surface area contributed by atoms with Gasteiger partial charge in [-0.25, -0.2) is 13.8 Å². The molecule has 1 fully saturated rings. The van der Waals surface area contributed by atoms with Crippen LogP contribution in [0.25, 0.3) is 0 Å². The highest BCUT2D eigenvalue weighted by molar-refractivity contribution is 14.1. The zero-order valence-electron chi connectivity index (χ0n) is 11.3. The van der Waals surface area contributed by atoms with Gasteiger partial charge in [0, 0.05) is 6.20 Å². The van der Waals surface area contributed by atoms with Gasteiger partial charge < -0.3 is 30.4 Å². The van der Waals surface area contributed by atoms with Crippen LogP contribution in [0.1, 0.15) is 0 Å². The molecule has 1 aliphatic heterocycles. The highest BCUT2D eigenvalue weighted by Gasteiger charge is 2.70. The molecule has 0 spiro atoms. The molecule has 0 aromatic carbocycles. The minimum atomic E-state index is -3.25. The fourth-order valence-electron chi connectivity index (χ4n) is 2.27. The van der Waals surface area contributed by atoms with Gasteiger partial charge in [-0.2, -0.15) is 0 Å². The molecule has 11 nitrogen and oxygen atoms in total. The number of hydroxylamine groups is 2. The van der Waals surface area contributed by atoms with Gasteiger partial charge in [-0.3, -0.25) is 9.78 Å². The molecule has 4 atom stereocenters. The van der Waals surface area contributed by atoms with Crippen LogP contribution in [0, 0.1) is 3.57 Å². The molecule has 1 aromatic heterocycles. The second-order valence-electron chi connectivity index (χ2n) is 4.74. The number of alkyl halides is 1. The van der Waals surface area contributed by atoms with Gasteiger partial charge in [-0.05, 0) is 22.6 Å². The minimum absolute atomic E-state index is 0.117. The Morgan fingerprint density at radius 1 is 1.48 bits per heavy atom. The Balaban J connectivity index is 2.73. The molecule has 0 bridgehead atoms. The number of hydrogen-bond acceptors (Lipinski definition) is 9. The van der Waals surface area contributed by atoms with Gasteiger partial charge in [0.25, 0.3) is 5.56 Å². The van der Waals surface area contributed by atoms with Crippen LogP contribution in [-0.2, 0) is 10.6 Å². The van der Waals surface area contributed by atoms with E-state index < -0.39 is 53.6 Å². The van der Waals surface area contributed by atoms with E-state index in [1.807, 2.05) is 0 Å². The van der Waals surface area contributed by atoms with Crippen molar-refractivity contribution in [3.8, 4) is 0 Å². The first-order valence-electron chi connectivity index (χ1n) is 6.09. The monoisotopic (exact) mass is 449 g/mol. The number of aliphatic hydroxyl groups excluding tert-OH is 2. The van der Waals surface area contributed by atoms with E-state index in [0.29, 0.717) is 0 Å². The first-order valence-corrected chi connectivity index (χ1v) is 7.17. The Morgan fingerprint density at radius 3 is 2.61 bits per heavy atom. The van der Waals surface area contributed by atoms with Crippen molar-refractivity contribution < 1.29 is 34.8 Å². The molecule has 2 heterocycles. The molecule has 23 heavy (non-hydrogen) atoms. The number of aromatic amines is 1. The lowest BCUT2D eigenvalue weighted by molar-refractivity contribution is -0.416. The van der Waals surface area contributed by atoms with E-state index in [1.54, 1.807) is 4.98 Å². The first-order chi connectivity index (χ1) is 10.6. The van der Waals surface area contributed by atoms with Crippen LogP contribution in [0.4, 0.5) is 4.39 Å². The molecule has 0 saturated carbocycles. The maximum absolute atomic E-state index is 12.8. The third kappa shape index (κ3) is 2.52. The van der Waals surface area contributed by atoms with E-state index in [9.17, 15) is 34.5 Å². The normalized spacial score (nSPS) is 34.3. The molecule has 0 radical (unpaired) electrons. The summed E-state index contributed by atoms with van der Waals surface area (Å²) in [5.41, 5.74) is -5.32. The van der Waals surface area contributed by atoms with Gasteiger partial charge in [0.2, 0.25) is 5.72 Å². The number of nitrogens with one attached hydrogen (secondary N) is 1. The molecular weight excluding hydrogens is 436 g/mol. The predicted molar refractivity (Wildman–Crippen MR) is 76.7 cm³/mol. The second-order valence-corrected chi connectivity index (χ2v) is 5.91. The van der Waals surface area contributed by atoms with E-state index in [1.165, 1.54) is 22.6 Å². The number of rotatable bonds is 4. The summed E-state index contributed by atoms with van der Waals surface area (Å²) >= 11 is 1.50. The van der Waals surface area contributed by atoms with Crippen LogP contribution >= 0.6 is 22.6 Å². The largest absolute Gasteiger partial charge is 0.394 e. The van der Waals surface area contributed by atoms with E-state index in [0.717, 1.165) is 6.20 Å². The predicted octanol–water partition coefficient (Wildman–Crippen LogP) is -3.20. The van der Waals surface area contributed by atoms with Crippen molar-refractivity contribution in [1.29, 1.82) is 0 Å². The Labute approximate surface area is 140 Å². The van der Waals surface area contributed by atoms with Crippen molar-refractivity contribution in [2.75, 3.05) is 13.4 Å². The second kappa shape index (κ2) is 6.17. The van der Waals surface area contributed by atoms with Gasteiger partial charge in [0.15, 0.2) is 6.80 Å². The van der Waals surface area contributed by atoms with Crippen molar-refractivity contribution in [2.24, 2.45) is 0 Å². The topological polar surface area (TPSA) is 168 Å². The van der Waals surface area contributed by atoms with Crippen LogP contribution in [-0.4, -0.2) is 71.6 Å². The summed E-state index contributed by atoms with van der Waals surface area (Å²) in [5, 5.41) is 49.2. The van der Waals surface area contributed by atoms with Crippen LogP contribution in [0.2, 0.25) is 0 Å². The molecule has 0 aliphatic carbocycles. The lowest BCUT2D eigenvalue weighted by Crippen LogP contribution is -2.68. The summed E-state index contributed by atoms with van der Waals surface area (Å²) < 4.78 is 17.8. The van der Waals surface area contributed by atoms with Gasteiger partial charge >= 0.3 is 11.6 Å². The van der Waals surface area contributed by atoms with Crippen LogP contribution in [0.3, 0.4) is 0 Å². The Kier molecular flexibility index (Phi) is 4.94. The lowest BCUT2D eigenvalue weighted by Gasteiger charge is -2.40. The number of aromatic nitrogens is 2. The van der Waals surface area contributed by atoms with Crippen molar-refractivity contribution >= 4 is 22.6 Å². The number of halogens is 2. The molecular formula is C10H13FIN3O8. The molecule has 1 aliphatic rings. The van der Waals surface area contributed by atoms with E-state index >= 15 is 0 Å². The molecule has 1 saturated heterocycles. The van der Waals surface area contributed by atoms with Gasteiger partial charge in [0.05, 0.1) is 10.2 Å². The van der Waals surface area contributed by atoms with Gasteiger partial charge in [0.1, 0.15) is 12.2 Å². The number of hydrogen-bond donors (Lipinski definition) is 6. The minimum Gasteiger partial charge on any atom is -0.394 e. The summed E-state index contributed by atoms with van der Waals surface area (Å²) in [6.45, 7) is -2.69. The molecule has 1 aromatic rings. The zero-order valence-corrected chi connectivity index (χ0v) is 13.4. The van der Waals surface area contributed by atoms with Crippen molar-refractivity contribution in [2.45, 2.75) is 23.8 Å². The van der Waals surface area contributed by atoms with Crippen molar-refractivity contribution in [3.63, 3.8) is 0 Å². The van der Waals surface area contributed by atoms with Crippen LogP contribution in [0.5, 0.6) is 0 Å². The maximum atomic E-state index is 12.8. The Morgan fingerprint density at radius 2 is 2.09 bits per heavy atom. The van der Waals surface area contributed by atoms with E-state index in [4.69, 9.17) is 9.84 Å². The summed E-state index contributed by atoms with van der Waals surface area (Å²) in [7, 11) is 0. The number of aliphatic hydroxyl groups is 4. The number of nitrogens with zero attached hydrogens (tertiary/aromatic N) is 2. The zero-order chi connectivity index (χ0) is 17.6. The van der Waals surface area contributed by atoms with Crippen LogP contribution < -0.4 is 11.2 Å². The third-order valence-corrected chi connectivity index (χ3v) is 4.24. The fourth-order valence-corrected chi connectivity index (χ4v) is 2.68. The van der Waals surface area contributed by atoms with E-state index in [2.05, 4.69) is 0 Å². The quantitative estimate of drug-likeness (QED) is 0.120. The van der Waals surface area contributed by atoms with Crippen LogP contribution in [0.15, 0.2) is 15.8 Å². The number of ether oxygens (including phenoxy) is 1. The highest BCUT2D eigenvalue weighted by Crippen LogP contribution is 2.42. The SMILES string of the molecule is O=c1[nH]c(=O)n([C@@]2(O)O[C@H](CO)[C@@H](O)[C@]2(O)N(O)CF)cc1I. The average Bonchev–Trinajstić information content (AvgIpc) is 2.72. The number of H-pyrrole nitrogens is 1. The Hall–Kier alpha value is -0.940. The maximum Gasteiger partial charge on any atom is 0.332 e. The summed E-state index contributed by atoms with van der Waals surface area (Å²) in [6.07, 6.45) is -3.09. The van der Waals surface area contributed by atoms with Crippen molar-refractivity contribution in [3.05, 3.63) is 30.6 Å². The standard InChI is InChI=1S/C10H13FIN3O8/c11-3-15(22)9(20)6(17)5(2-16)23-10(9,21)14-1-4(12)7(18)13-8(14)19/h1,5-6,16-17,20-22H,2-3H2,(H,13,18,19)/t5-,6-,9-,10+/m1/s1. The molecule has 2 rings (SSSR count). The lowest BCUT2D eigenvalue weighted by atomic mass is 10.0. The third-order valence-electron chi connectivity index (χ3n) is 3.47. The Bertz CT molecular complexity index is 712. The summed E-state index contributed by atoms with van der Waals surface area (Å²) in [4.78, 5) is 25.1. The first kappa shape index (κ1) is 18.4. The summed E-state index contributed by atoms with van der Waals surface area (Å²) in [5.74, 6) is -3.21. The molecule has 130 valence electrons. The van der Waals surface area contributed by atoms with E-state index in [-0.39, 0.29) is 8.14 Å². The molecule has 0 amide bonds. The highest BCUT2D eigenvalue weighted by atomic mass is 127.